The molecule has 22 heavy (non-hydrogen) atoms. The second-order valence-electron chi connectivity index (χ2n) is 6.55. The van der Waals surface area contributed by atoms with E-state index in [0.29, 0.717) is 30.6 Å². The zero-order chi connectivity index (χ0) is 15.7. The molecule has 0 aromatic heterocycles. The van der Waals surface area contributed by atoms with Crippen LogP contribution >= 0.6 is 11.8 Å². The lowest BCUT2D eigenvalue weighted by Crippen LogP contribution is -2.54. The molecule has 0 aromatic carbocycles. The Morgan fingerprint density at radius 2 is 1.86 bits per heavy atom. The molecule has 2 atom stereocenters. The van der Waals surface area contributed by atoms with Crippen LogP contribution in [0.4, 0.5) is 0 Å². The van der Waals surface area contributed by atoms with E-state index in [4.69, 9.17) is 0 Å². The first-order chi connectivity index (χ1) is 10.5. The fourth-order valence-electron chi connectivity index (χ4n) is 3.50. The van der Waals surface area contributed by atoms with Crippen LogP contribution in [-0.2, 0) is 15.0 Å². The molecule has 0 saturated carbocycles. The van der Waals surface area contributed by atoms with Gasteiger partial charge in [-0.05, 0) is 31.6 Å². The Kier molecular flexibility index (Phi) is 5.01. The number of carbonyl (C=O) groups excluding carboxylic acids is 1. The van der Waals surface area contributed by atoms with Gasteiger partial charge in [-0.1, -0.05) is 6.92 Å². The average molecular weight is 348 g/mol. The van der Waals surface area contributed by atoms with E-state index in [1.54, 1.807) is 16.1 Å². The third-order valence-corrected chi connectivity index (χ3v) is 7.92. The summed E-state index contributed by atoms with van der Waals surface area (Å²) >= 11 is 1.54. The molecule has 126 valence electrons. The summed E-state index contributed by atoms with van der Waals surface area (Å²) in [6.07, 6.45) is 4.05. The van der Waals surface area contributed by atoms with Crippen LogP contribution in [0.5, 0.6) is 0 Å². The number of likely N-dealkylation sites (tertiary alicyclic amines) is 1. The van der Waals surface area contributed by atoms with Crippen LogP contribution < -0.4 is 0 Å². The topological polar surface area (TPSA) is 60.9 Å². The predicted octanol–water partition coefficient (Wildman–Crippen LogP) is 0.960. The summed E-state index contributed by atoms with van der Waals surface area (Å²) in [6, 6.07) is -0.509. The first-order valence-corrected chi connectivity index (χ1v) is 10.7. The predicted molar refractivity (Wildman–Crippen MR) is 87.7 cm³/mol. The fourth-order valence-corrected chi connectivity index (χ4v) is 6.95. The lowest BCUT2D eigenvalue weighted by molar-refractivity contribution is -0.133. The first kappa shape index (κ1) is 16.5. The van der Waals surface area contributed by atoms with Crippen molar-refractivity contribution in [3.05, 3.63) is 0 Å². The molecule has 3 heterocycles. The van der Waals surface area contributed by atoms with E-state index >= 15 is 0 Å². The smallest absolute Gasteiger partial charge is 0.283 e. The zero-order valence-corrected chi connectivity index (χ0v) is 14.7. The van der Waals surface area contributed by atoms with E-state index in [1.165, 1.54) is 4.31 Å². The van der Waals surface area contributed by atoms with Gasteiger partial charge in [-0.2, -0.15) is 17.0 Å². The van der Waals surface area contributed by atoms with Crippen LogP contribution in [0.25, 0.3) is 0 Å². The standard InChI is InChI=1S/C14H25N3O3S2/c1-12-5-4-8-16(9-12)22(19,20)17-11-21-10-13(17)14(18)15-6-2-3-7-15/h12-13H,2-11H2,1H3/t12-,13-/m1/s1. The Bertz CT molecular complexity index is 519. The molecule has 6 nitrogen and oxygen atoms in total. The molecule has 0 N–H and O–H groups in total. The lowest BCUT2D eigenvalue weighted by Gasteiger charge is -2.35. The zero-order valence-electron chi connectivity index (χ0n) is 13.1. The van der Waals surface area contributed by atoms with Crippen molar-refractivity contribution in [1.29, 1.82) is 0 Å². The molecule has 0 spiro atoms. The number of hydrogen-bond acceptors (Lipinski definition) is 4. The summed E-state index contributed by atoms with van der Waals surface area (Å²) in [6.45, 7) is 4.79. The minimum atomic E-state index is -3.52. The van der Waals surface area contributed by atoms with Gasteiger partial charge in [-0.25, -0.2) is 0 Å². The first-order valence-electron chi connectivity index (χ1n) is 8.13. The van der Waals surface area contributed by atoms with Crippen LogP contribution in [0, 0.1) is 5.92 Å². The van der Waals surface area contributed by atoms with Gasteiger partial charge in [0.1, 0.15) is 6.04 Å². The quantitative estimate of drug-likeness (QED) is 0.763. The Hall–Kier alpha value is -0.310. The molecule has 3 fully saturated rings. The molecule has 3 aliphatic heterocycles. The van der Waals surface area contributed by atoms with Gasteiger partial charge in [-0.3, -0.25) is 4.79 Å². The van der Waals surface area contributed by atoms with Crippen molar-refractivity contribution in [2.45, 2.75) is 38.6 Å². The summed E-state index contributed by atoms with van der Waals surface area (Å²) in [5, 5.41) is 0. The number of nitrogens with zero attached hydrogens (tertiary/aromatic N) is 3. The van der Waals surface area contributed by atoms with Crippen molar-refractivity contribution in [2.24, 2.45) is 5.92 Å². The lowest BCUT2D eigenvalue weighted by atomic mass is 10.0. The normalized spacial score (nSPS) is 31.8. The number of hydrogen-bond donors (Lipinski definition) is 0. The van der Waals surface area contributed by atoms with Gasteiger partial charge in [0.25, 0.3) is 10.2 Å². The van der Waals surface area contributed by atoms with Crippen LogP contribution in [0.2, 0.25) is 0 Å². The third-order valence-electron chi connectivity index (χ3n) is 4.79. The van der Waals surface area contributed by atoms with Gasteiger partial charge in [0.15, 0.2) is 0 Å². The van der Waals surface area contributed by atoms with Crippen LogP contribution in [0.1, 0.15) is 32.6 Å². The number of rotatable bonds is 3. The molecule has 3 aliphatic rings. The molecule has 0 aromatic rings. The summed E-state index contributed by atoms with van der Waals surface area (Å²) in [5.74, 6) is 1.37. The van der Waals surface area contributed by atoms with Crippen molar-refractivity contribution in [1.82, 2.24) is 13.5 Å². The summed E-state index contributed by atoms with van der Waals surface area (Å²) in [7, 11) is -3.52. The molecule has 0 bridgehead atoms. The Morgan fingerprint density at radius 1 is 1.14 bits per heavy atom. The van der Waals surface area contributed by atoms with Crippen molar-refractivity contribution < 1.29 is 13.2 Å². The maximum Gasteiger partial charge on any atom is 0.283 e. The Balaban J connectivity index is 1.75. The third kappa shape index (κ3) is 3.16. The fraction of sp³-hybridized carbons (Fsp3) is 0.929. The minimum Gasteiger partial charge on any atom is -0.341 e. The summed E-state index contributed by atoms with van der Waals surface area (Å²) in [4.78, 5) is 14.5. The highest BCUT2D eigenvalue weighted by molar-refractivity contribution is 8.00. The Morgan fingerprint density at radius 3 is 2.55 bits per heavy atom. The van der Waals surface area contributed by atoms with Gasteiger partial charge >= 0.3 is 0 Å². The molecular weight excluding hydrogens is 322 g/mol. The molecule has 3 saturated heterocycles. The molecule has 1 amide bonds. The highest BCUT2D eigenvalue weighted by Gasteiger charge is 2.44. The van der Waals surface area contributed by atoms with E-state index < -0.39 is 16.3 Å². The maximum absolute atomic E-state index is 12.9. The van der Waals surface area contributed by atoms with Gasteiger partial charge in [0, 0.05) is 31.9 Å². The number of thioether (sulfide) groups is 1. The number of carbonyl (C=O) groups is 1. The highest BCUT2D eigenvalue weighted by atomic mass is 32.2. The molecule has 0 unspecified atom stereocenters. The van der Waals surface area contributed by atoms with E-state index in [2.05, 4.69) is 6.92 Å². The van der Waals surface area contributed by atoms with Gasteiger partial charge in [0.2, 0.25) is 5.91 Å². The molecule has 3 rings (SSSR count). The van der Waals surface area contributed by atoms with Crippen molar-refractivity contribution in [3.63, 3.8) is 0 Å². The van der Waals surface area contributed by atoms with Gasteiger partial charge in [-0.15, -0.1) is 11.8 Å². The SMILES string of the molecule is C[C@@H]1CCCN(S(=O)(=O)N2CSC[C@@H]2C(=O)N2CCCC2)C1. The molecular formula is C14H25N3O3S2. The van der Waals surface area contributed by atoms with E-state index in [0.717, 1.165) is 38.8 Å². The van der Waals surface area contributed by atoms with Crippen molar-refractivity contribution >= 4 is 27.9 Å². The van der Waals surface area contributed by atoms with Crippen molar-refractivity contribution in [2.75, 3.05) is 37.8 Å². The maximum atomic E-state index is 12.9. The van der Waals surface area contributed by atoms with Crippen LogP contribution in [0.3, 0.4) is 0 Å². The monoisotopic (exact) mass is 347 g/mol. The van der Waals surface area contributed by atoms with Crippen molar-refractivity contribution in [3.8, 4) is 0 Å². The minimum absolute atomic E-state index is 0.00358. The van der Waals surface area contributed by atoms with E-state index in [9.17, 15) is 13.2 Å². The van der Waals surface area contributed by atoms with Crippen LogP contribution in [0.15, 0.2) is 0 Å². The highest BCUT2D eigenvalue weighted by Crippen LogP contribution is 2.30. The average Bonchev–Trinajstić information content (AvgIpc) is 3.18. The second kappa shape index (κ2) is 6.67. The largest absolute Gasteiger partial charge is 0.341 e. The van der Waals surface area contributed by atoms with Gasteiger partial charge in [0.05, 0.1) is 5.88 Å². The number of amides is 1. The van der Waals surface area contributed by atoms with E-state index in [1.807, 2.05) is 4.90 Å². The van der Waals surface area contributed by atoms with Crippen LogP contribution in [-0.4, -0.2) is 71.7 Å². The molecule has 8 heteroatoms. The summed E-state index contributed by atoms with van der Waals surface area (Å²) in [5.41, 5.74) is 0. The van der Waals surface area contributed by atoms with E-state index in [-0.39, 0.29) is 5.91 Å². The molecule has 0 aliphatic carbocycles. The van der Waals surface area contributed by atoms with Gasteiger partial charge < -0.3 is 4.90 Å². The molecule has 0 radical (unpaired) electrons. The Labute approximate surface area is 137 Å². The summed E-state index contributed by atoms with van der Waals surface area (Å²) < 4.78 is 28.9. The second-order valence-corrected chi connectivity index (χ2v) is 9.43. The number of piperidine rings is 1.